The van der Waals surface area contributed by atoms with Gasteiger partial charge in [-0.15, -0.1) is 0 Å². The Kier molecular flexibility index (Phi) is 3.05. The molecule has 4 heteroatoms. The zero-order valence-corrected chi connectivity index (χ0v) is 12.2. The fourth-order valence-corrected chi connectivity index (χ4v) is 2.69. The summed E-state index contributed by atoms with van der Waals surface area (Å²) in [6, 6.07) is 5.98. The van der Waals surface area contributed by atoms with Crippen LogP contribution in [0.25, 0.3) is 10.9 Å². The van der Waals surface area contributed by atoms with Crippen LogP contribution >= 0.6 is 0 Å². The van der Waals surface area contributed by atoms with E-state index in [0.717, 1.165) is 30.7 Å². The third-order valence-corrected chi connectivity index (χ3v) is 3.49. The molecule has 0 radical (unpaired) electrons. The number of rotatable bonds is 1. The minimum Gasteiger partial charge on any atom is -0.456 e. The summed E-state index contributed by atoms with van der Waals surface area (Å²) >= 11 is 0. The summed E-state index contributed by atoms with van der Waals surface area (Å²) in [4.78, 5) is 12.4. The molecule has 0 saturated heterocycles. The zero-order valence-electron chi connectivity index (χ0n) is 12.2. The smallest absolute Gasteiger partial charge is 0.339 e. The Balaban J connectivity index is 2.11. The van der Waals surface area contributed by atoms with Crippen molar-refractivity contribution in [1.29, 1.82) is 0 Å². The number of carbonyl (C=O) groups excluding carboxylic acids is 1. The third-order valence-electron chi connectivity index (χ3n) is 3.49. The van der Waals surface area contributed by atoms with Crippen LogP contribution in [-0.2, 0) is 17.8 Å². The number of benzene rings is 1. The van der Waals surface area contributed by atoms with Crippen LogP contribution in [0.2, 0.25) is 0 Å². The highest BCUT2D eigenvalue weighted by Gasteiger charge is 2.23. The van der Waals surface area contributed by atoms with Gasteiger partial charge in [0.05, 0.1) is 17.7 Å². The van der Waals surface area contributed by atoms with Crippen LogP contribution in [0.15, 0.2) is 24.4 Å². The normalized spacial score (nSPS) is 15.2. The summed E-state index contributed by atoms with van der Waals surface area (Å²) in [6.07, 6.45) is 2.90. The maximum absolute atomic E-state index is 12.4. The number of nitrogens with zero attached hydrogens (tertiary/aromatic N) is 1. The lowest BCUT2D eigenvalue weighted by Crippen LogP contribution is -2.25. The molecule has 0 saturated carbocycles. The Hall–Kier alpha value is -1.81. The molecule has 1 N–H and O–H groups in total. The highest BCUT2D eigenvalue weighted by atomic mass is 16.6. The first-order valence-corrected chi connectivity index (χ1v) is 7.00. The SMILES string of the molecule is CC(C)(C)OC(=O)c1ccc2ccn3c2c1CCNC3. The largest absolute Gasteiger partial charge is 0.456 e. The van der Waals surface area contributed by atoms with Gasteiger partial charge in [0.15, 0.2) is 0 Å². The Morgan fingerprint density at radius 1 is 1.30 bits per heavy atom. The van der Waals surface area contributed by atoms with E-state index >= 15 is 0 Å². The van der Waals surface area contributed by atoms with E-state index in [4.69, 9.17) is 4.74 Å². The average Bonchev–Trinajstić information content (AvgIpc) is 2.63. The summed E-state index contributed by atoms with van der Waals surface area (Å²) in [7, 11) is 0. The second-order valence-corrected chi connectivity index (χ2v) is 6.23. The topological polar surface area (TPSA) is 43.3 Å². The number of nitrogens with one attached hydrogen (secondary N) is 1. The standard InChI is InChI=1S/C16H20N2O2/c1-16(2,3)20-15(19)13-5-4-11-7-9-18-10-17-8-6-12(13)14(11)18/h4-5,7,9,17H,6,8,10H2,1-3H3. The fraction of sp³-hybridized carbons (Fsp3) is 0.438. The number of hydrogen-bond acceptors (Lipinski definition) is 3. The molecular weight excluding hydrogens is 252 g/mol. The first kappa shape index (κ1) is 13.2. The van der Waals surface area contributed by atoms with Crippen molar-refractivity contribution >= 4 is 16.9 Å². The Morgan fingerprint density at radius 2 is 2.10 bits per heavy atom. The lowest BCUT2D eigenvalue weighted by Gasteiger charge is -2.20. The molecule has 20 heavy (non-hydrogen) atoms. The van der Waals surface area contributed by atoms with Gasteiger partial charge in [0.2, 0.25) is 0 Å². The van der Waals surface area contributed by atoms with Crippen LogP contribution in [0.5, 0.6) is 0 Å². The number of ether oxygens (including phenoxy) is 1. The van der Waals surface area contributed by atoms with Crippen LogP contribution in [0.1, 0.15) is 36.7 Å². The molecule has 3 rings (SSSR count). The van der Waals surface area contributed by atoms with Crippen LogP contribution < -0.4 is 5.32 Å². The van der Waals surface area contributed by atoms with E-state index in [0.29, 0.717) is 5.56 Å². The monoisotopic (exact) mass is 272 g/mol. The van der Waals surface area contributed by atoms with E-state index in [2.05, 4.69) is 22.1 Å². The maximum Gasteiger partial charge on any atom is 0.339 e. The summed E-state index contributed by atoms with van der Waals surface area (Å²) in [5, 5.41) is 4.54. The van der Waals surface area contributed by atoms with E-state index < -0.39 is 5.60 Å². The maximum atomic E-state index is 12.4. The lowest BCUT2D eigenvalue weighted by atomic mass is 10.0. The van der Waals surface area contributed by atoms with Crippen molar-refractivity contribution in [1.82, 2.24) is 9.88 Å². The molecule has 0 aliphatic carbocycles. The van der Waals surface area contributed by atoms with Crippen LogP contribution in [0, 0.1) is 0 Å². The zero-order chi connectivity index (χ0) is 14.3. The molecule has 0 fully saturated rings. The summed E-state index contributed by atoms with van der Waals surface area (Å²) < 4.78 is 7.69. The van der Waals surface area contributed by atoms with Crippen molar-refractivity contribution in [3.63, 3.8) is 0 Å². The van der Waals surface area contributed by atoms with Gasteiger partial charge in [-0.3, -0.25) is 5.32 Å². The molecule has 1 aromatic heterocycles. The van der Waals surface area contributed by atoms with E-state index in [1.54, 1.807) is 0 Å². The molecular formula is C16H20N2O2. The first-order chi connectivity index (χ1) is 9.46. The van der Waals surface area contributed by atoms with Gasteiger partial charge in [-0.25, -0.2) is 4.79 Å². The van der Waals surface area contributed by atoms with Gasteiger partial charge in [0.25, 0.3) is 0 Å². The van der Waals surface area contributed by atoms with Crippen LogP contribution in [0.3, 0.4) is 0 Å². The van der Waals surface area contributed by atoms with E-state index in [1.165, 1.54) is 5.39 Å². The van der Waals surface area contributed by atoms with Crippen molar-refractivity contribution < 1.29 is 9.53 Å². The second-order valence-electron chi connectivity index (χ2n) is 6.23. The van der Waals surface area contributed by atoms with Gasteiger partial charge in [0, 0.05) is 12.7 Å². The van der Waals surface area contributed by atoms with Gasteiger partial charge in [-0.2, -0.15) is 0 Å². The molecule has 0 amide bonds. The average molecular weight is 272 g/mol. The Morgan fingerprint density at radius 3 is 2.85 bits per heavy atom. The lowest BCUT2D eigenvalue weighted by molar-refractivity contribution is 0.00686. The number of carbonyl (C=O) groups is 1. The molecule has 2 aromatic rings. The highest BCUT2D eigenvalue weighted by molar-refractivity contribution is 5.98. The summed E-state index contributed by atoms with van der Waals surface area (Å²) in [5.74, 6) is -0.232. The van der Waals surface area contributed by atoms with Crippen molar-refractivity contribution in [2.24, 2.45) is 0 Å². The third kappa shape index (κ3) is 2.31. The van der Waals surface area contributed by atoms with E-state index in [9.17, 15) is 4.79 Å². The minimum atomic E-state index is -0.469. The van der Waals surface area contributed by atoms with Crippen molar-refractivity contribution in [2.45, 2.75) is 39.5 Å². The molecule has 0 unspecified atom stereocenters. The molecule has 4 nitrogen and oxygen atoms in total. The van der Waals surface area contributed by atoms with E-state index in [1.807, 2.05) is 32.9 Å². The molecule has 0 spiro atoms. The predicted octanol–water partition coefficient (Wildman–Crippen LogP) is 2.70. The Labute approximate surface area is 118 Å². The molecule has 1 aliphatic heterocycles. The van der Waals surface area contributed by atoms with Crippen molar-refractivity contribution in [3.8, 4) is 0 Å². The van der Waals surface area contributed by atoms with Gasteiger partial charge >= 0.3 is 5.97 Å². The molecule has 0 bridgehead atoms. The molecule has 106 valence electrons. The van der Waals surface area contributed by atoms with Crippen LogP contribution in [0.4, 0.5) is 0 Å². The molecule has 0 atom stereocenters. The van der Waals surface area contributed by atoms with Gasteiger partial charge in [-0.1, -0.05) is 6.07 Å². The van der Waals surface area contributed by atoms with Gasteiger partial charge in [-0.05, 0) is 50.3 Å². The first-order valence-electron chi connectivity index (χ1n) is 7.00. The number of hydrogen-bond donors (Lipinski definition) is 1. The summed E-state index contributed by atoms with van der Waals surface area (Å²) in [5.41, 5.74) is 2.46. The fourth-order valence-electron chi connectivity index (χ4n) is 2.69. The summed E-state index contributed by atoms with van der Waals surface area (Å²) in [6.45, 7) is 7.34. The van der Waals surface area contributed by atoms with Crippen molar-refractivity contribution in [2.75, 3.05) is 6.54 Å². The van der Waals surface area contributed by atoms with Crippen molar-refractivity contribution in [3.05, 3.63) is 35.5 Å². The molecule has 1 aliphatic rings. The number of aromatic nitrogens is 1. The second kappa shape index (κ2) is 4.63. The van der Waals surface area contributed by atoms with Crippen LogP contribution in [-0.4, -0.2) is 22.7 Å². The minimum absolute atomic E-state index is 0.232. The van der Waals surface area contributed by atoms with Gasteiger partial charge in [0.1, 0.15) is 5.60 Å². The van der Waals surface area contributed by atoms with E-state index in [-0.39, 0.29) is 5.97 Å². The molecule has 2 heterocycles. The molecule has 1 aromatic carbocycles. The predicted molar refractivity (Wildman–Crippen MR) is 78.8 cm³/mol. The quantitative estimate of drug-likeness (QED) is 0.812. The highest BCUT2D eigenvalue weighted by Crippen LogP contribution is 2.27. The Bertz CT molecular complexity index is 665. The van der Waals surface area contributed by atoms with Gasteiger partial charge < -0.3 is 9.30 Å². The number of esters is 1.